The van der Waals surface area contributed by atoms with Crippen molar-refractivity contribution < 1.29 is 4.79 Å². The molecule has 21 heavy (non-hydrogen) atoms. The van der Waals surface area contributed by atoms with Crippen LogP contribution in [-0.2, 0) is 6.42 Å². The van der Waals surface area contributed by atoms with Gasteiger partial charge in [-0.25, -0.2) is 0 Å². The summed E-state index contributed by atoms with van der Waals surface area (Å²) in [4.78, 5) is 16.9. The number of benzene rings is 2. The summed E-state index contributed by atoms with van der Waals surface area (Å²) in [5.41, 5.74) is 3.51. The SMILES string of the molecule is Cc1cc(Br)cc(C(=O)Cc2ccc3ccccc3n2)c1. The lowest BCUT2D eigenvalue weighted by Gasteiger charge is -2.05. The van der Waals surface area contributed by atoms with Crippen LogP contribution < -0.4 is 0 Å². The van der Waals surface area contributed by atoms with Crippen LogP contribution in [0.4, 0.5) is 0 Å². The Bertz CT molecular complexity index is 806. The fourth-order valence-corrected chi connectivity index (χ4v) is 2.98. The summed E-state index contributed by atoms with van der Waals surface area (Å²) in [6, 6.07) is 17.6. The Morgan fingerprint density at radius 2 is 1.90 bits per heavy atom. The fourth-order valence-electron chi connectivity index (χ4n) is 2.37. The van der Waals surface area contributed by atoms with E-state index in [9.17, 15) is 4.79 Å². The highest BCUT2D eigenvalue weighted by Crippen LogP contribution is 2.18. The average molecular weight is 340 g/mol. The number of ketones is 1. The number of aromatic nitrogens is 1. The van der Waals surface area contributed by atoms with Gasteiger partial charge in [-0.3, -0.25) is 9.78 Å². The van der Waals surface area contributed by atoms with Crippen molar-refractivity contribution in [3.8, 4) is 0 Å². The number of carbonyl (C=O) groups excluding carboxylic acids is 1. The highest BCUT2D eigenvalue weighted by molar-refractivity contribution is 9.10. The van der Waals surface area contributed by atoms with E-state index in [0.717, 1.165) is 32.2 Å². The molecule has 0 amide bonds. The van der Waals surface area contributed by atoms with Gasteiger partial charge in [0, 0.05) is 21.1 Å². The lowest BCUT2D eigenvalue weighted by atomic mass is 10.0. The third kappa shape index (κ3) is 3.19. The summed E-state index contributed by atoms with van der Waals surface area (Å²) in [6.07, 6.45) is 0.320. The number of carbonyl (C=O) groups is 1. The van der Waals surface area contributed by atoms with Gasteiger partial charge in [-0.1, -0.05) is 40.2 Å². The molecule has 0 bridgehead atoms. The number of fused-ring (bicyclic) bond motifs is 1. The van der Waals surface area contributed by atoms with Crippen LogP contribution >= 0.6 is 15.9 Å². The van der Waals surface area contributed by atoms with Gasteiger partial charge in [0.2, 0.25) is 0 Å². The van der Waals surface area contributed by atoms with E-state index in [4.69, 9.17) is 0 Å². The van der Waals surface area contributed by atoms with Gasteiger partial charge in [0.15, 0.2) is 5.78 Å². The normalized spacial score (nSPS) is 10.8. The van der Waals surface area contributed by atoms with Gasteiger partial charge in [0.05, 0.1) is 11.9 Å². The third-order valence-corrected chi connectivity index (χ3v) is 3.82. The lowest BCUT2D eigenvalue weighted by molar-refractivity contribution is 0.0992. The zero-order chi connectivity index (χ0) is 14.8. The van der Waals surface area contributed by atoms with E-state index in [0.29, 0.717) is 6.42 Å². The number of hydrogen-bond donors (Lipinski definition) is 0. The van der Waals surface area contributed by atoms with Crippen molar-refractivity contribution in [3.05, 3.63) is 75.9 Å². The molecule has 3 heteroatoms. The molecular formula is C18H14BrNO. The van der Waals surface area contributed by atoms with Crippen LogP contribution in [0, 0.1) is 6.92 Å². The summed E-state index contributed by atoms with van der Waals surface area (Å²) in [6.45, 7) is 1.98. The van der Waals surface area contributed by atoms with Gasteiger partial charge in [0.25, 0.3) is 0 Å². The Balaban J connectivity index is 1.88. The minimum atomic E-state index is 0.0854. The van der Waals surface area contributed by atoms with Crippen LogP contribution in [0.15, 0.2) is 59.1 Å². The molecule has 104 valence electrons. The van der Waals surface area contributed by atoms with Gasteiger partial charge >= 0.3 is 0 Å². The van der Waals surface area contributed by atoms with Crippen LogP contribution in [0.5, 0.6) is 0 Å². The number of nitrogens with zero attached hydrogens (tertiary/aromatic N) is 1. The molecule has 0 fully saturated rings. The second-order valence-corrected chi connectivity index (χ2v) is 6.03. The Hall–Kier alpha value is -2.00. The van der Waals surface area contributed by atoms with Crippen molar-refractivity contribution in [3.63, 3.8) is 0 Å². The van der Waals surface area contributed by atoms with E-state index >= 15 is 0 Å². The number of aryl methyl sites for hydroxylation is 1. The quantitative estimate of drug-likeness (QED) is 0.645. The first-order valence-corrected chi connectivity index (χ1v) is 7.56. The molecule has 0 aliphatic carbocycles. The largest absolute Gasteiger partial charge is 0.294 e. The zero-order valence-electron chi connectivity index (χ0n) is 11.6. The van der Waals surface area contributed by atoms with Crippen LogP contribution in [0.25, 0.3) is 10.9 Å². The lowest BCUT2D eigenvalue weighted by Crippen LogP contribution is -2.05. The summed E-state index contributed by atoms with van der Waals surface area (Å²) >= 11 is 3.43. The van der Waals surface area contributed by atoms with Crippen molar-refractivity contribution in [2.75, 3.05) is 0 Å². The minimum absolute atomic E-state index is 0.0854. The molecule has 0 saturated heterocycles. The van der Waals surface area contributed by atoms with Crippen LogP contribution in [-0.4, -0.2) is 10.8 Å². The molecule has 1 aromatic heterocycles. The van der Waals surface area contributed by atoms with Crippen molar-refractivity contribution in [1.82, 2.24) is 4.98 Å². The van der Waals surface area contributed by atoms with Crippen molar-refractivity contribution in [2.24, 2.45) is 0 Å². The topological polar surface area (TPSA) is 30.0 Å². The Morgan fingerprint density at radius 1 is 1.10 bits per heavy atom. The molecule has 3 aromatic rings. The minimum Gasteiger partial charge on any atom is -0.294 e. The Labute approximate surface area is 132 Å². The molecule has 0 atom stereocenters. The Morgan fingerprint density at radius 3 is 2.71 bits per heavy atom. The molecule has 0 aliphatic rings. The highest BCUT2D eigenvalue weighted by atomic mass is 79.9. The predicted molar refractivity (Wildman–Crippen MR) is 88.7 cm³/mol. The first kappa shape index (κ1) is 14.0. The molecule has 2 aromatic carbocycles. The summed E-state index contributed by atoms with van der Waals surface area (Å²) in [5, 5.41) is 1.09. The second kappa shape index (κ2) is 5.78. The standard InChI is InChI=1S/C18H14BrNO/c1-12-8-14(10-15(19)9-12)18(21)11-16-7-6-13-4-2-3-5-17(13)20-16/h2-10H,11H2,1H3. The maximum absolute atomic E-state index is 12.4. The number of Topliss-reactive ketones (excluding diaryl/α,β-unsaturated/α-hetero) is 1. The van der Waals surface area contributed by atoms with E-state index < -0.39 is 0 Å². The molecule has 0 N–H and O–H groups in total. The average Bonchev–Trinajstić information content (AvgIpc) is 2.46. The van der Waals surface area contributed by atoms with Crippen LogP contribution in [0.2, 0.25) is 0 Å². The molecule has 0 radical (unpaired) electrons. The Kier molecular flexibility index (Phi) is 3.84. The molecular weight excluding hydrogens is 326 g/mol. The van der Waals surface area contributed by atoms with Gasteiger partial charge in [0.1, 0.15) is 0 Å². The maximum Gasteiger partial charge on any atom is 0.168 e. The van der Waals surface area contributed by atoms with Crippen molar-refractivity contribution in [2.45, 2.75) is 13.3 Å². The van der Waals surface area contributed by atoms with Gasteiger partial charge in [-0.15, -0.1) is 0 Å². The van der Waals surface area contributed by atoms with Gasteiger partial charge in [-0.05, 0) is 42.8 Å². The zero-order valence-corrected chi connectivity index (χ0v) is 13.2. The molecule has 0 spiro atoms. The molecule has 3 rings (SSSR count). The van der Waals surface area contributed by atoms with Crippen molar-refractivity contribution >= 4 is 32.6 Å². The number of halogens is 1. The number of hydrogen-bond acceptors (Lipinski definition) is 2. The van der Waals surface area contributed by atoms with E-state index in [1.54, 1.807) is 0 Å². The van der Waals surface area contributed by atoms with Crippen LogP contribution in [0.1, 0.15) is 21.6 Å². The van der Waals surface area contributed by atoms with Gasteiger partial charge in [-0.2, -0.15) is 0 Å². The summed E-state index contributed by atoms with van der Waals surface area (Å²) < 4.78 is 0.928. The van der Waals surface area contributed by atoms with E-state index in [-0.39, 0.29) is 5.78 Å². The molecule has 0 saturated carbocycles. The first-order valence-electron chi connectivity index (χ1n) is 6.77. The highest BCUT2D eigenvalue weighted by Gasteiger charge is 2.10. The summed E-state index contributed by atoms with van der Waals surface area (Å²) in [7, 11) is 0. The second-order valence-electron chi connectivity index (χ2n) is 5.11. The first-order chi connectivity index (χ1) is 10.1. The predicted octanol–water partition coefficient (Wildman–Crippen LogP) is 4.73. The van der Waals surface area contributed by atoms with Crippen molar-refractivity contribution in [1.29, 1.82) is 0 Å². The van der Waals surface area contributed by atoms with Crippen LogP contribution in [0.3, 0.4) is 0 Å². The van der Waals surface area contributed by atoms with E-state index in [2.05, 4.69) is 20.9 Å². The molecule has 1 heterocycles. The molecule has 0 unspecified atom stereocenters. The number of pyridine rings is 1. The van der Waals surface area contributed by atoms with Gasteiger partial charge < -0.3 is 0 Å². The number of rotatable bonds is 3. The third-order valence-electron chi connectivity index (χ3n) is 3.36. The smallest absolute Gasteiger partial charge is 0.168 e. The van der Waals surface area contributed by atoms with E-state index in [1.807, 2.05) is 61.5 Å². The summed E-state index contributed by atoms with van der Waals surface area (Å²) in [5.74, 6) is 0.0854. The molecule has 2 nitrogen and oxygen atoms in total. The molecule has 0 aliphatic heterocycles. The fraction of sp³-hybridized carbons (Fsp3) is 0.111. The monoisotopic (exact) mass is 339 g/mol. The number of para-hydroxylation sites is 1. The maximum atomic E-state index is 12.4. The van der Waals surface area contributed by atoms with E-state index in [1.165, 1.54) is 0 Å².